The number of hydrogen-bond acceptors (Lipinski definition) is 6. The predicted molar refractivity (Wildman–Crippen MR) is 106 cm³/mol. The van der Waals surface area contributed by atoms with E-state index in [1.54, 1.807) is 18.7 Å². The van der Waals surface area contributed by atoms with E-state index in [9.17, 15) is 32.3 Å². The number of aliphatic hydroxyl groups excluding tert-OH is 1. The number of carbonyl (C=O) groups excluding carboxylic acids is 1. The minimum absolute atomic E-state index is 0.139. The van der Waals surface area contributed by atoms with E-state index in [1.807, 2.05) is 0 Å². The molecule has 1 aromatic heterocycles. The Hall–Kier alpha value is -3.15. The van der Waals surface area contributed by atoms with Gasteiger partial charge in [-0.25, -0.2) is 9.37 Å². The van der Waals surface area contributed by atoms with Crippen LogP contribution in [0.5, 0.6) is 5.75 Å². The van der Waals surface area contributed by atoms with Crippen molar-refractivity contribution in [2.45, 2.75) is 38.8 Å². The first-order valence-corrected chi connectivity index (χ1v) is 9.83. The van der Waals surface area contributed by atoms with Crippen molar-refractivity contribution in [1.82, 2.24) is 15.3 Å². The topological polar surface area (TPSA) is 108 Å². The second kappa shape index (κ2) is 9.15. The standard InChI is InChI=1S/C20H22F4N4O4/c1-10(2)17(11-3-4-15(13(21)7-11)32-20(22,23)24)27-18(31)14-8-16(30)26-19(25-14)28-6-5-12(29)9-28/h3-4,7-8,10,12,17,29H,5-6,9H2,1-2H3,(H,27,31)(H,25,26,30)/t12-,17?/m1/s1. The molecule has 0 spiro atoms. The number of anilines is 1. The number of aromatic amines is 1. The molecule has 12 heteroatoms. The Balaban J connectivity index is 1.82. The lowest BCUT2D eigenvalue weighted by molar-refractivity contribution is -0.275. The molecule has 0 aliphatic carbocycles. The van der Waals surface area contributed by atoms with E-state index in [4.69, 9.17) is 0 Å². The number of H-pyrrole nitrogens is 1. The van der Waals surface area contributed by atoms with E-state index in [0.29, 0.717) is 13.0 Å². The maximum Gasteiger partial charge on any atom is 0.573 e. The quantitative estimate of drug-likeness (QED) is 0.575. The van der Waals surface area contributed by atoms with Crippen LogP contribution in [0, 0.1) is 11.7 Å². The van der Waals surface area contributed by atoms with Crippen LogP contribution >= 0.6 is 0 Å². The zero-order chi connectivity index (χ0) is 23.6. The highest BCUT2D eigenvalue weighted by atomic mass is 19.4. The summed E-state index contributed by atoms with van der Waals surface area (Å²) < 4.78 is 54.9. The van der Waals surface area contributed by atoms with Crippen molar-refractivity contribution >= 4 is 11.9 Å². The van der Waals surface area contributed by atoms with Crippen LogP contribution in [0.4, 0.5) is 23.5 Å². The van der Waals surface area contributed by atoms with E-state index in [1.165, 1.54) is 6.07 Å². The minimum Gasteiger partial charge on any atom is -0.403 e. The fraction of sp³-hybridized carbons (Fsp3) is 0.450. The summed E-state index contributed by atoms with van der Waals surface area (Å²) in [5.41, 5.74) is -0.538. The summed E-state index contributed by atoms with van der Waals surface area (Å²) in [6.07, 6.45) is -5.11. The van der Waals surface area contributed by atoms with Gasteiger partial charge in [0.25, 0.3) is 11.5 Å². The maximum absolute atomic E-state index is 14.2. The monoisotopic (exact) mass is 458 g/mol. The highest BCUT2D eigenvalue weighted by molar-refractivity contribution is 5.92. The molecule has 2 aromatic rings. The number of carbonyl (C=O) groups is 1. The third-order valence-corrected chi connectivity index (χ3v) is 4.92. The van der Waals surface area contributed by atoms with Crippen LogP contribution in [-0.4, -0.2) is 46.5 Å². The Morgan fingerprint density at radius 2 is 2.06 bits per heavy atom. The second-order valence-electron chi connectivity index (χ2n) is 7.78. The summed E-state index contributed by atoms with van der Waals surface area (Å²) in [4.78, 5) is 33.1. The summed E-state index contributed by atoms with van der Waals surface area (Å²) >= 11 is 0. The van der Waals surface area contributed by atoms with Gasteiger partial charge in [-0.3, -0.25) is 14.6 Å². The SMILES string of the molecule is CC(C)C(NC(=O)c1cc(=O)[nH]c(N2CC[C@@H](O)C2)n1)c1ccc(OC(F)(F)F)c(F)c1. The molecular formula is C20H22F4N4O4. The number of hydrogen-bond donors (Lipinski definition) is 3. The van der Waals surface area contributed by atoms with Gasteiger partial charge in [0.15, 0.2) is 11.6 Å². The fourth-order valence-electron chi connectivity index (χ4n) is 3.41. The first-order chi connectivity index (χ1) is 14.9. The average Bonchev–Trinajstić information content (AvgIpc) is 3.12. The number of rotatable bonds is 6. The zero-order valence-corrected chi connectivity index (χ0v) is 17.2. The number of aromatic nitrogens is 2. The summed E-state index contributed by atoms with van der Waals surface area (Å²) in [7, 11) is 0. The molecule has 1 aromatic carbocycles. The molecule has 3 rings (SSSR count). The van der Waals surface area contributed by atoms with E-state index in [0.717, 1.165) is 18.2 Å². The summed E-state index contributed by atoms with van der Waals surface area (Å²) in [6.45, 7) is 4.17. The Bertz CT molecular complexity index is 1040. The molecule has 0 radical (unpaired) electrons. The number of nitrogens with zero attached hydrogens (tertiary/aromatic N) is 2. The molecule has 1 amide bonds. The lowest BCUT2D eigenvalue weighted by Crippen LogP contribution is -2.34. The summed E-state index contributed by atoms with van der Waals surface area (Å²) in [5.74, 6) is -3.07. The summed E-state index contributed by atoms with van der Waals surface area (Å²) in [6, 6.07) is 3.13. The van der Waals surface area contributed by atoms with E-state index >= 15 is 0 Å². The molecule has 1 saturated heterocycles. The molecule has 1 aliphatic heterocycles. The first kappa shape index (κ1) is 23.5. The fourth-order valence-corrected chi connectivity index (χ4v) is 3.41. The van der Waals surface area contributed by atoms with Gasteiger partial charge in [0, 0.05) is 19.2 Å². The van der Waals surface area contributed by atoms with Gasteiger partial charge in [-0.15, -0.1) is 13.2 Å². The van der Waals surface area contributed by atoms with Crippen molar-refractivity contribution in [2.75, 3.05) is 18.0 Å². The van der Waals surface area contributed by atoms with E-state index in [2.05, 4.69) is 20.0 Å². The van der Waals surface area contributed by atoms with Gasteiger partial charge in [0.2, 0.25) is 5.95 Å². The molecular weight excluding hydrogens is 436 g/mol. The van der Waals surface area contributed by atoms with E-state index < -0.39 is 41.5 Å². The number of aliphatic hydroxyl groups is 1. The van der Waals surface area contributed by atoms with Crippen molar-refractivity contribution in [3.63, 3.8) is 0 Å². The number of alkyl halides is 3. The van der Waals surface area contributed by atoms with Crippen LogP contribution < -0.4 is 20.5 Å². The number of β-amino-alcohol motifs (C(OH)–C–C–N with tert-alkyl or cyclic N) is 1. The van der Waals surface area contributed by atoms with Crippen LogP contribution in [0.25, 0.3) is 0 Å². The Labute approximate surface area is 180 Å². The Kier molecular flexibility index (Phi) is 6.72. The molecule has 8 nitrogen and oxygen atoms in total. The van der Waals surface area contributed by atoms with Gasteiger partial charge in [-0.2, -0.15) is 0 Å². The lowest BCUT2D eigenvalue weighted by Gasteiger charge is -2.23. The smallest absolute Gasteiger partial charge is 0.403 e. The summed E-state index contributed by atoms with van der Waals surface area (Å²) in [5, 5.41) is 12.3. The highest BCUT2D eigenvalue weighted by Gasteiger charge is 2.33. The van der Waals surface area contributed by atoms with Crippen LogP contribution in [-0.2, 0) is 0 Å². The zero-order valence-electron chi connectivity index (χ0n) is 17.2. The van der Waals surface area contributed by atoms with Gasteiger partial charge in [0.1, 0.15) is 5.69 Å². The third-order valence-electron chi connectivity index (χ3n) is 4.92. The van der Waals surface area contributed by atoms with Crippen LogP contribution in [0.3, 0.4) is 0 Å². The number of ether oxygens (including phenoxy) is 1. The molecule has 1 fully saturated rings. The molecule has 174 valence electrons. The molecule has 32 heavy (non-hydrogen) atoms. The van der Waals surface area contributed by atoms with Crippen molar-refractivity contribution in [3.05, 3.63) is 51.7 Å². The highest BCUT2D eigenvalue weighted by Crippen LogP contribution is 2.30. The third kappa shape index (κ3) is 5.75. The van der Waals surface area contributed by atoms with Gasteiger partial charge < -0.3 is 20.1 Å². The molecule has 3 N–H and O–H groups in total. The van der Waals surface area contributed by atoms with Gasteiger partial charge >= 0.3 is 6.36 Å². The maximum atomic E-state index is 14.2. The molecule has 2 atom stereocenters. The van der Waals surface area contributed by atoms with Gasteiger partial charge in [0.05, 0.1) is 12.1 Å². The Morgan fingerprint density at radius 3 is 2.62 bits per heavy atom. The largest absolute Gasteiger partial charge is 0.573 e. The van der Waals surface area contributed by atoms with Crippen LogP contribution in [0.1, 0.15) is 42.4 Å². The lowest BCUT2D eigenvalue weighted by atomic mass is 9.95. The van der Waals surface area contributed by atoms with Crippen LogP contribution in [0.15, 0.2) is 29.1 Å². The number of nitrogens with one attached hydrogen (secondary N) is 2. The molecule has 1 unspecified atom stereocenters. The normalized spacial score (nSPS) is 17.5. The van der Waals surface area contributed by atoms with Gasteiger partial charge in [-0.05, 0) is 30.0 Å². The van der Waals surface area contributed by atoms with Crippen molar-refractivity contribution in [1.29, 1.82) is 0 Å². The Morgan fingerprint density at radius 1 is 1.34 bits per heavy atom. The van der Waals surface area contributed by atoms with Crippen molar-refractivity contribution in [3.8, 4) is 5.75 Å². The number of halogens is 4. The molecule has 0 bridgehead atoms. The van der Waals surface area contributed by atoms with Gasteiger partial charge in [-0.1, -0.05) is 19.9 Å². The number of amides is 1. The average molecular weight is 458 g/mol. The second-order valence-corrected chi connectivity index (χ2v) is 7.78. The molecule has 1 aliphatic rings. The minimum atomic E-state index is -5.04. The van der Waals surface area contributed by atoms with E-state index in [-0.39, 0.29) is 29.7 Å². The first-order valence-electron chi connectivity index (χ1n) is 9.83. The molecule has 2 heterocycles. The van der Waals surface area contributed by atoms with Crippen molar-refractivity contribution < 1.29 is 32.2 Å². The van der Waals surface area contributed by atoms with Crippen LogP contribution in [0.2, 0.25) is 0 Å². The predicted octanol–water partition coefficient (Wildman–Crippen LogP) is 2.51. The van der Waals surface area contributed by atoms with Crippen molar-refractivity contribution in [2.24, 2.45) is 5.92 Å². The molecule has 0 saturated carbocycles. The number of benzene rings is 1.